The van der Waals surface area contributed by atoms with Gasteiger partial charge in [0.1, 0.15) is 0 Å². The molecule has 116 valence electrons. The average molecular weight is 274 g/mol. The topological polar surface area (TPSA) is 58.2 Å². The zero-order valence-corrected chi connectivity index (χ0v) is 13.9. The Morgan fingerprint density at radius 2 is 1.79 bits per heavy atom. The van der Waals surface area contributed by atoms with Gasteiger partial charge in [0.25, 0.3) is 0 Å². The third-order valence-electron chi connectivity index (χ3n) is 2.40. The molecule has 1 fully saturated rings. The van der Waals surface area contributed by atoms with Crippen molar-refractivity contribution in [3.8, 4) is 0 Å². The normalized spacial score (nSPS) is 15.5. The van der Waals surface area contributed by atoms with E-state index in [4.69, 9.17) is 0 Å². The van der Waals surface area contributed by atoms with E-state index in [1.54, 1.807) is 7.05 Å². The van der Waals surface area contributed by atoms with Crippen LogP contribution in [0.25, 0.3) is 0 Å². The van der Waals surface area contributed by atoms with Gasteiger partial charge in [-0.25, -0.2) is 0 Å². The molecule has 0 aromatic rings. The van der Waals surface area contributed by atoms with Crippen molar-refractivity contribution in [1.29, 1.82) is 0 Å². The first-order valence-corrected chi connectivity index (χ1v) is 7.61. The fourth-order valence-electron chi connectivity index (χ4n) is 1.31. The summed E-state index contributed by atoms with van der Waals surface area (Å²) < 4.78 is 0. The molecule has 2 amide bonds. The van der Waals surface area contributed by atoms with Crippen LogP contribution in [-0.4, -0.2) is 25.4 Å². The first kappa shape index (κ1) is 23.1. The molecule has 19 heavy (non-hydrogen) atoms. The maximum absolute atomic E-state index is 10.5. The van der Waals surface area contributed by atoms with Crippen LogP contribution < -0.4 is 10.6 Å². The highest BCUT2D eigenvalue weighted by Crippen LogP contribution is 2.11. The summed E-state index contributed by atoms with van der Waals surface area (Å²) >= 11 is 0. The Morgan fingerprint density at radius 1 is 1.26 bits per heavy atom. The highest BCUT2D eigenvalue weighted by Gasteiger charge is 2.18. The number of rotatable bonds is 3. The molecular formula is C15H34N2O2. The fourth-order valence-corrected chi connectivity index (χ4v) is 1.31. The third-order valence-corrected chi connectivity index (χ3v) is 2.40. The van der Waals surface area contributed by atoms with Gasteiger partial charge in [0.05, 0.1) is 0 Å². The highest BCUT2D eigenvalue weighted by atomic mass is 16.2. The molecule has 1 aliphatic heterocycles. The first-order chi connectivity index (χ1) is 9.13. The molecule has 0 bridgehead atoms. The van der Waals surface area contributed by atoms with Crippen molar-refractivity contribution in [2.75, 3.05) is 13.6 Å². The minimum Gasteiger partial charge on any atom is -0.359 e. The summed E-state index contributed by atoms with van der Waals surface area (Å²) in [5.41, 5.74) is 0. The summed E-state index contributed by atoms with van der Waals surface area (Å²) in [6.07, 6.45) is 3.45. The van der Waals surface area contributed by atoms with Crippen molar-refractivity contribution >= 4 is 11.8 Å². The lowest BCUT2D eigenvalue weighted by Crippen LogP contribution is -2.16. The zero-order valence-electron chi connectivity index (χ0n) is 13.9. The van der Waals surface area contributed by atoms with Crippen molar-refractivity contribution < 1.29 is 9.59 Å². The number of hydrogen-bond acceptors (Lipinski definition) is 2. The van der Waals surface area contributed by atoms with Crippen molar-refractivity contribution in [3.63, 3.8) is 0 Å². The minimum absolute atomic E-state index is 0.127. The Bertz CT molecular complexity index is 206. The lowest BCUT2D eigenvalue weighted by atomic mass is 10.1. The van der Waals surface area contributed by atoms with Gasteiger partial charge in [-0.15, -0.1) is 0 Å². The van der Waals surface area contributed by atoms with E-state index in [1.807, 2.05) is 34.6 Å². The van der Waals surface area contributed by atoms with Crippen LogP contribution in [0.1, 0.15) is 67.2 Å². The van der Waals surface area contributed by atoms with Crippen molar-refractivity contribution in [2.45, 2.75) is 67.2 Å². The number of nitrogens with one attached hydrogen (secondary N) is 2. The molecule has 4 nitrogen and oxygen atoms in total. The van der Waals surface area contributed by atoms with Crippen LogP contribution in [-0.2, 0) is 9.59 Å². The Labute approximate surface area is 119 Å². The molecule has 4 heteroatoms. The molecular weight excluding hydrogens is 240 g/mol. The van der Waals surface area contributed by atoms with Crippen LogP contribution in [0.5, 0.6) is 0 Å². The summed E-state index contributed by atoms with van der Waals surface area (Å²) in [6, 6.07) is 0. The highest BCUT2D eigenvalue weighted by molar-refractivity contribution is 5.78. The van der Waals surface area contributed by atoms with Gasteiger partial charge in [-0.3, -0.25) is 9.59 Å². The molecule has 1 atom stereocenters. The third kappa shape index (κ3) is 16.9. The Morgan fingerprint density at radius 3 is 1.95 bits per heavy atom. The van der Waals surface area contributed by atoms with Crippen LogP contribution in [0.2, 0.25) is 0 Å². The molecule has 1 rings (SSSR count). The summed E-state index contributed by atoms with van der Waals surface area (Å²) in [7, 11) is 1.65. The van der Waals surface area contributed by atoms with E-state index in [2.05, 4.69) is 17.6 Å². The fraction of sp³-hybridized carbons (Fsp3) is 0.867. The zero-order chi connectivity index (χ0) is 15.7. The smallest absolute Gasteiger partial charge is 0.220 e. The van der Waals surface area contributed by atoms with E-state index < -0.39 is 0 Å². The van der Waals surface area contributed by atoms with E-state index in [0.717, 1.165) is 25.8 Å². The van der Waals surface area contributed by atoms with Crippen LogP contribution >= 0.6 is 0 Å². The van der Waals surface area contributed by atoms with Crippen LogP contribution in [0.3, 0.4) is 0 Å². The molecule has 1 aliphatic rings. The number of hydrogen-bond donors (Lipinski definition) is 2. The van der Waals surface area contributed by atoms with Gasteiger partial charge >= 0.3 is 0 Å². The van der Waals surface area contributed by atoms with Gasteiger partial charge in [-0.05, 0) is 12.3 Å². The van der Waals surface area contributed by atoms with Gasteiger partial charge in [-0.2, -0.15) is 0 Å². The van der Waals surface area contributed by atoms with Crippen LogP contribution in [0, 0.1) is 5.92 Å². The van der Waals surface area contributed by atoms with Crippen LogP contribution in [0.15, 0.2) is 0 Å². The number of carbonyl (C=O) groups is 2. The summed E-state index contributed by atoms with van der Waals surface area (Å²) in [4.78, 5) is 20.8. The van der Waals surface area contributed by atoms with Crippen molar-refractivity contribution in [2.24, 2.45) is 5.92 Å². The van der Waals surface area contributed by atoms with Crippen molar-refractivity contribution in [1.82, 2.24) is 10.6 Å². The average Bonchev–Trinajstić information content (AvgIpc) is 2.90. The number of carbonyl (C=O) groups excluding carboxylic acids is 2. The SMILES string of the molecule is CC.CC.CCC1CNC(=O)C1.CCCC(=O)NC. The Kier molecular flexibility index (Phi) is 23.4. The molecule has 1 unspecified atom stereocenters. The Hall–Kier alpha value is -1.06. The van der Waals surface area contributed by atoms with Gasteiger partial charge in [0.15, 0.2) is 0 Å². The molecule has 0 aliphatic carbocycles. The summed E-state index contributed by atoms with van der Waals surface area (Å²) in [5.74, 6) is 0.960. The summed E-state index contributed by atoms with van der Waals surface area (Å²) in [5, 5.41) is 5.31. The van der Waals surface area contributed by atoms with Crippen LogP contribution in [0.4, 0.5) is 0 Å². The second kappa shape index (κ2) is 19.3. The molecule has 0 radical (unpaired) electrons. The summed E-state index contributed by atoms with van der Waals surface area (Å²) in [6.45, 7) is 13.0. The molecule has 0 spiro atoms. The monoisotopic (exact) mass is 274 g/mol. The first-order valence-electron chi connectivity index (χ1n) is 7.61. The predicted octanol–water partition coefficient (Wildman–Crippen LogP) is 3.12. The molecule has 1 saturated heterocycles. The second-order valence-electron chi connectivity index (χ2n) is 3.71. The van der Waals surface area contributed by atoms with Gasteiger partial charge in [0, 0.05) is 26.4 Å². The lowest BCUT2D eigenvalue weighted by molar-refractivity contribution is -0.121. The quantitative estimate of drug-likeness (QED) is 0.830. The predicted molar refractivity (Wildman–Crippen MR) is 83.1 cm³/mol. The van der Waals surface area contributed by atoms with E-state index in [1.165, 1.54) is 0 Å². The lowest BCUT2D eigenvalue weighted by Gasteiger charge is -1.97. The van der Waals surface area contributed by atoms with Gasteiger partial charge < -0.3 is 10.6 Å². The maximum Gasteiger partial charge on any atom is 0.220 e. The van der Waals surface area contributed by atoms with Gasteiger partial charge in [0.2, 0.25) is 11.8 Å². The van der Waals surface area contributed by atoms with E-state index in [-0.39, 0.29) is 11.8 Å². The maximum atomic E-state index is 10.5. The van der Waals surface area contributed by atoms with Gasteiger partial charge in [-0.1, -0.05) is 48.0 Å². The molecule has 2 N–H and O–H groups in total. The van der Waals surface area contributed by atoms with E-state index in [0.29, 0.717) is 12.3 Å². The standard InChI is InChI=1S/C6H11NO.C5H11NO.2C2H6/c1-2-5-3-6(8)7-4-5;1-3-4-5(7)6-2;2*1-2/h5H,2-4H2,1H3,(H,7,8);3-4H2,1-2H3,(H,6,7);2*1-2H3. The minimum atomic E-state index is 0.127. The molecule has 1 heterocycles. The Balaban J connectivity index is -0.000000215. The molecule has 0 aromatic heterocycles. The largest absolute Gasteiger partial charge is 0.359 e. The molecule has 0 saturated carbocycles. The second-order valence-corrected chi connectivity index (χ2v) is 3.71. The molecule has 0 aromatic carbocycles. The number of amides is 2. The van der Waals surface area contributed by atoms with E-state index >= 15 is 0 Å². The van der Waals surface area contributed by atoms with E-state index in [9.17, 15) is 9.59 Å². The van der Waals surface area contributed by atoms with Crippen molar-refractivity contribution in [3.05, 3.63) is 0 Å².